The van der Waals surface area contributed by atoms with Crippen molar-refractivity contribution < 1.29 is 19.5 Å². The van der Waals surface area contributed by atoms with Crippen LogP contribution in [0.4, 0.5) is 0 Å². The van der Waals surface area contributed by atoms with Gasteiger partial charge in [-0.1, -0.05) is 30.3 Å². The molecule has 1 saturated carbocycles. The van der Waals surface area contributed by atoms with Gasteiger partial charge >= 0.3 is 5.97 Å². The van der Waals surface area contributed by atoms with Crippen LogP contribution >= 0.6 is 0 Å². The van der Waals surface area contributed by atoms with Crippen molar-refractivity contribution in [3.05, 3.63) is 35.9 Å². The van der Waals surface area contributed by atoms with Crippen LogP contribution in [0, 0.1) is 0 Å². The topological polar surface area (TPSA) is 95.5 Å². The van der Waals surface area contributed by atoms with E-state index in [1.165, 1.54) is 0 Å². The minimum atomic E-state index is -1.14. The molecule has 0 spiro atoms. The summed E-state index contributed by atoms with van der Waals surface area (Å²) in [6.45, 7) is -0.208. The molecule has 1 aliphatic rings. The molecule has 0 heterocycles. The van der Waals surface area contributed by atoms with E-state index < -0.39 is 17.4 Å². The first-order chi connectivity index (χ1) is 10.0. The van der Waals surface area contributed by atoms with Crippen LogP contribution in [0.2, 0.25) is 0 Å². The summed E-state index contributed by atoms with van der Waals surface area (Å²) < 4.78 is 0. The number of hydrogen-bond donors (Lipinski definition) is 3. The molecule has 1 aromatic rings. The van der Waals surface area contributed by atoms with E-state index in [0.29, 0.717) is 12.8 Å². The largest absolute Gasteiger partial charge is 0.480 e. The zero-order valence-corrected chi connectivity index (χ0v) is 11.6. The van der Waals surface area contributed by atoms with E-state index >= 15 is 0 Å². The lowest BCUT2D eigenvalue weighted by atomic mass is 9.77. The maximum atomic E-state index is 11.7. The third-order valence-electron chi connectivity index (χ3n) is 3.65. The molecule has 0 radical (unpaired) electrons. The van der Waals surface area contributed by atoms with Crippen LogP contribution in [0.5, 0.6) is 0 Å². The van der Waals surface area contributed by atoms with Crippen LogP contribution < -0.4 is 10.6 Å². The summed E-state index contributed by atoms with van der Waals surface area (Å²) in [5.41, 5.74) is -0.280. The molecule has 1 aromatic carbocycles. The van der Waals surface area contributed by atoms with E-state index in [1.54, 1.807) is 0 Å². The smallest absolute Gasteiger partial charge is 0.329 e. The van der Waals surface area contributed by atoms with Gasteiger partial charge in [0.2, 0.25) is 11.8 Å². The minimum absolute atomic E-state index is 0.193. The number of nitrogens with one attached hydrogen (secondary N) is 2. The second kappa shape index (κ2) is 6.39. The Labute approximate surface area is 122 Å². The summed E-state index contributed by atoms with van der Waals surface area (Å²) in [7, 11) is 0. The Hall–Kier alpha value is -2.37. The first kappa shape index (κ1) is 15.0. The predicted molar refractivity (Wildman–Crippen MR) is 75.5 cm³/mol. The Morgan fingerprint density at radius 3 is 2.29 bits per heavy atom. The fourth-order valence-corrected chi connectivity index (χ4v) is 2.26. The molecule has 1 fully saturated rings. The number of rotatable bonds is 6. The van der Waals surface area contributed by atoms with Crippen LogP contribution in [0.25, 0.3) is 0 Å². The molecule has 2 rings (SSSR count). The van der Waals surface area contributed by atoms with E-state index in [0.717, 1.165) is 12.0 Å². The van der Waals surface area contributed by atoms with E-state index in [9.17, 15) is 14.4 Å². The summed E-state index contributed by atoms with van der Waals surface area (Å²) in [6, 6.07) is 9.19. The third kappa shape index (κ3) is 3.81. The van der Waals surface area contributed by atoms with Crippen LogP contribution in [0.3, 0.4) is 0 Å². The van der Waals surface area contributed by atoms with Gasteiger partial charge in [-0.2, -0.15) is 0 Å². The van der Waals surface area contributed by atoms with Crippen molar-refractivity contribution in [2.75, 3.05) is 6.54 Å². The zero-order valence-electron chi connectivity index (χ0n) is 11.6. The molecule has 6 nitrogen and oxygen atoms in total. The van der Waals surface area contributed by atoms with Gasteiger partial charge in [0.15, 0.2) is 0 Å². The molecular formula is C15H18N2O4. The first-order valence-corrected chi connectivity index (χ1v) is 6.87. The third-order valence-corrected chi connectivity index (χ3v) is 3.65. The molecule has 112 valence electrons. The Morgan fingerprint density at radius 2 is 1.76 bits per heavy atom. The SMILES string of the molecule is O=C(Cc1ccccc1)NCC(=O)NC1(C(=O)O)CCC1. The zero-order chi connectivity index (χ0) is 15.3. The van der Waals surface area contributed by atoms with Crippen molar-refractivity contribution in [3.63, 3.8) is 0 Å². The van der Waals surface area contributed by atoms with Gasteiger partial charge in [0.25, 0.3) is 0 Å². The lowest BCUT2D eigenvalue weighted by molar-refractivity contribution is -0.151. The van der Waals surface area contributed by atoms with Crippen molar-refractivity contribution in [1.82, 2.24) is 10.6 Å². The Kier molecular flexibility index (Phi) is 4.57. The van der Waals surface area contributed by atoms with Crippen molar-refractivity contribution in [2.24, 2.45) is 0 Å². The fourth-order valence-electron chi connectivity index (χ4n) is 2.26. The Balaban J connectivity index is 1.76. The molecule has 3 N–H and O–H groups in total. The molecule has 2 amide bonds. The fraction of sp³-hybridized carbons (Fsp3) is 0.400. The molecule has 6 heteroatoms. The normalized spacial score (nSPS) is 15.6. The van der Waals surface area contributed by atoms with Gasteiger partial charge in [-0.15, -0.1) is 0 Å². The van der Waals surface area contributed by atoms with Crippen LogP contribution in [-0.2, 0) is 20.8 Å². The summed E-state index contributed by atoms with van der Waals surface area (Å²) in [6.07, 6.45) is 1.85. The average Bonchev–Trinajstić information content (AvgIpc) is 2.41. The Morgan fingerprint density at radius 1 is 1.10 bits per heavy atom. The van der Waals surface area contributed by atoms with Gasteiger partial charge in [0.1, 0.15) is 5.54 Å². The second-order valence-corrected chi connectivity index (χ2v) is 5.23. The summed E-state index contributed by atoms with van der Waals surface area (Å²) >= 11 is 0. The van der Waals surface area contributed by atoms with Gasteiger partial charge < -0.3 is 15.7 Å². The van der Waals surface area contributed by atoms with Crippen LogP contribution in [0.1, 0.15) is 24.8 Å². The number of carboxylic acid groups (broad SMARTS) is 1. The van der Waals surface area contributed by atoms with Crippen molar-refractivity contribution in [2.45, 2.75) is 31.2 Å². The predicted octanol–water partition coefficient (Wildman–Crippen LogP) is 0.469. The number of hydrogen-bond acceptors (Lipinski definition) is 3. The van der Waals surface area contributed by atoms with Crippen LogP contribution in [0.15, 0.2) is 30.3 Å². The van der Waals surface area contributed by atoms with Gasteiger partial charge in [0, 0.05) is 0 Å². The van der Waals surface area contributed by atoms with Gasteiger partial charge in [0.05, 0.1) is 13.0 Å². The molecule has 0 aliphatic heterocycles. The van der Waals surface area contributed by atoms with E-state index in [-0.39, 0.29) is 18.9 Å². The molecule has 0 unspecified atom stereocenters. The molecule has 0 atom stereocenters. The maximum Gasteiger partial charge on any atom is 0.329 e. The number of amides is 2. The number of aliphatic carboxylic acids is 1. The standard InChI is InChI=1S/C15H18N2O4/c18-12(9-11-5-2-1-3-6-11)16-10-13(19)17-15(14(20)21)7-4-8-15/h1-3,5-6H,4,7-10H2,(H,16,18)(H,17,19)(H,20,21). The lowest BCUT2D eigenvalue weighted by Gasteiger charge is -2.38. The molecule has 0 saturated heterocycles. The molecule has 21 heavy (non-hydrogen) atoms. The number of carbonyl (C=O) groups excluding carboxylic acids is 2. The quantitative estimate of drug-likeness (QED) is 0.709. The van der Waals surface area contributed by atoms with E-state index in [1.807, 2.05) is 30.3 Å². The Bertz CT molecular complexity index is 538. The first-order valence-electron chi connectivity index (χ1n) is 6.87. The van der Waals surface area contributed by atoms with Crippen LogP contribution in [-0.4, -0.2) is 35.0 Å². The monoisotopic (exact) mass is 290 g/mol. The summed E-state index contributed by atoms with van der Waals surface area (Å²) in [4.78, 5) is 34.5. The van der Waals surface area contributed by atoms with Crippen molar-refractivity contribution in [1.29, 1.82) is 0 Å². The van der Waals surface area contributed by atoms with Crippen molar-refractivity contribution in [3.8, 4) is 0 Å². The van der Waals surface area contributed by atoms with Gasteiger partial charge in [-0.3, -0.25) is 9.59 Å². The summed E-state index contributed by atoms with van der Waals surface area (Å²) in [5.74, 6) is -1.76. The maximum absolute atomic E-state index is 11.7. The lowest BCUT2D eigenvalue weighted by Crippen LogP contribution is -2.60. The highest BCUT2D eigenvalue weighted by Gasteiger charge is 2.45. The highest BCUT2D eigenvalue weighted by Crippen LogP contribution is 2.31. The van der Waals surface area contributed by atoms with Crippen molar-refractivity contribution >= 4 is 17.8 Å². The molecular weight excluding hydrogens is 272 g/mol. The number of carbonyl (C=O) groups is 3. The average molecular weight is 290 g/mol. The van der Waals surface area contributed by atoms with Gasteiger partial charge in [-0.25, -0.2) is 4.79 Å². The van der Waals surface area contributed by atoms with Gasteiger partial charge in [-0.05, 0) is 24.8 Å². The van der Waals surface area contributed by atoms with E-state index in [2.05, 4.69) is 10.6 Å². The van der Waals surface area contributed by atoms with E-state index in [4.69, 9.17) is 5.11 Å². The molecule has 0 aromatic heterocycles. The molecule has 0 bridgehead atoms. The number of benzene rings is 1. The minimum Gasteiger partial charge on any atom is -0.480 e. The second-order valence-electron chi connectivity index (χ2n) is 5.23. The number of carboxylic acids is 1. The highest BCUT2D eigenvalue weighted by atomic mass is 16.4. The highest BCUT2D eigenvalue weighted by molar-refractivity contribution is 5.90. The summed E-state index contributed by atoms with van der Waals surface area (Å²) in [5, 5.41) is 14.1. The molecule has 1 aliphatic carbocycles.